The highest BCUT2D eigenvalue weighted by Crippen LogP contribution is 2.56. The fourth-order valence-corrected chi connectivity index (χ4v) is 4.72. The minimum Gasteiger partial charge on any atom is -0.114 e. The highest BCUT2D eigenvalue weighted by molar-refractivity contribution is 8.01. The standard InChI is InChI=1S/C20H18S/c1-14-6-8-15(9-7-14)16-10-11-17-18-5-3-4-12-20(18,2)21-19(17)13-16/h3-13,18H,1-2H3/t18?,20-/m1/s1. The Morgan fingerprint density at radius 2 is 1.71 bits per heavy atom. The van der Waals surface area contributed by atoms with Gasteiger partial charge in [-0.1, -0.05) is 66.3 Å². The summed E-state index contributed by atoms with van der Waals surface area (Å²) in [4.78, 5) is 1.43. The molecule has 0 radical (unpaired) electrons. The maximum absolute atomic E-state index is 2.36. The number of hydrogen-bond acceptors (Lipinski definition) is 1. The van der Waals surface area contributed by atoms with Crippen LogP contribution in [0, 0.1) is 6.92 Å². The lowest BCUT2D eigenvalue weighted by Crippen LogP contribution is -2.22. The van der Waals surface area contributed by atoms with Crippen LogP contribution in [0.15, 0.2) is 71.7 Å². The van der Waals surface area contributed by atoms with Crippen molar-refractivity contribution in [1.29, 1.82) is 0 Å². The van der Waals surface area contributed by atoms with E-state index in [0.717, 1.165) is 0 Å². The van der Waals surface area contributed by atoms with Gasteiger partial charge < -0.3 is 0 Å². The van der Waals surface area contributed by atoms with Crippen LogP contribution >= 0.6 is 11.8 Å². The second kappa shape index (κ2) is 4.64. The quantitative estimate of drug-likeness (QED) is 0.645. The van der Waals surface area contributed by atoms with Gasteiger partial charge >= 0.3 is 0 Å². The number of benzene rings is 2. The van der Waals surface area contributed by atoms with Gasteiger partial charge in [-0.2, -0.15) is 0 Å². The Bertz CT molecular complexity index is 752. The highest BCUT2D eigenvalue weighted by atomic mass is 32.2. The Morgan fingerprint density at radius 3 is 2.52 bits per heavy atom. The fraction of sp³-hybridized carbons (Fsp3) is 0.200. The van der Waals surface area contributed by atoms with E-state index in [1.165, 1.54) is 27.1 Å². The van der Waals surface area contributed by atoms with Gasteiger partial charge in [0, 0.05) is 15.6 Å². The Morgan fingerprint density at radius 1 is 0.952 bits per heavy atom. The van der Waals surface area contributed by atoms with Crippen LogP contribution in [-0.4, -0.2) is 4.75 Å². The Balaban J connectivity index is 1.77. The van der Waals surface area contributed by atoms with Crippen LogP contribution in [0.3, 0.4) is 0 Å². The molecule has 0 bridgehead atoms. The SMILES string of the molecule is Cc1ccc(-c2ccc3c(c2)S[C@]2(C)C=CC=CC32)cc1. The molecule has 1 heteroatoms. The molecule has 2 aromatic carbocycles. The minimum absolute atomic E-state index is 0.184. The fourth-order valence-electron chi connectivity index (χ4n) is 3.27. The number of aryl methyl sites for hydroxylation is 1. The van der Waals surface area contributed by atoms with Gasteiger partial charge in [0.05, 0.1) is 0 Å². The summed E-state index contributed by atoms with van der Waals surface area (Å²) in [5.41, 5.74) is 5.40. The van der Waals surface area contributed by atoms with Crippen molar-refractivity contribution in [3.05, 3.63) is 77.9 Å². The van der Waals surface area contributed by atoms with Crippen LogP contribution in [0.4, 0.5) is 0 Å². The smallest absolute Gasteiger partial charge is 0.0464 e. The van der Waals surface area contributed by atoms with E-state index < -0.39 is 0 Å². The number of allylic oxidation sites excluding steroid dienone is 3. The van der Waals surface area contributed by atoms with Crippen molar-refractivity contribution < 1.29 is 0 Å². The lowest BCUT2D eigenvalue weighted by atomic mass is 9.83. The molecule has 1 unspecified atom stereocenters. The molecule has 0 saturated carbocycles. The Kier molecular flexibility index (Phi) is 2.87. The van der Waals surface area contributed by atoms with Crippen LogP contribution < -0.4 is 0 Å². The number of thioether (sulfide) groups is 1. The zero-order valence-electron chi connectivity index (χ0n) is 12.3. The van der Waals surface area contributed by atoms with Crippen molar-refractivity contribution in [3.8, 4) is 11.1 Å². The van der Waals surface area contributed by atoms with Gasteiger partial charge in [0.25, 0.3) is 0 Å². The van der Waals surface area contributed by atoms with Crippen molar-refractivity contribution in [3.63, 3.8) is 0 Å². The molecule has 1 aliphatic carbocycles. The van der Waals surface area contributed by atoms with Gasteiger partial charge in [-0.3, -0.25) is 0 Å². The highest BCUT2D eigenvalue weighted by Gasteiger charge is 2.41. The summed E-state index contributed by atoms with van der Waals surface area (Å²) in [5, 5.41) is 0. The lowest BCUT2D eigenvalue weighted by molar-refractivity contribution is 0.702. The maximum Gasteiger partial charge on any atom is 0.0464 e. The summed E-state index contributed by atoms with van der Waals surface area (Å²) in [6.07, 6.45) is 9.03. The summed E-state index contributed by atoms with van der Waals surface area (Å²) in [6, 6.07) is 15.7. The van der Waals surface area contributed by atoms with Gasteiger partial charge in [0.1, 0.15) is 0 Å². The third kappa shape index (κ3) is 2.08. The minimum atomic E-state index is 0.184. The van der Waals surface area contributed by atoms with Gasteiger partial charge in [-0.15, -0.1) is 11.8 Å². The monoisotopic (exact) mass is 290 g/mol. The molecule has 0 amide bonds. The first kappa shape index (κ1) is 13.0. The molecular formula is C20H18S. The van der Waals surface area contributed by atoms with Crippen molar-refractivity contribution in [2.45, 2.75) is 29.4 Å². The predicted octanol–water partition coefficient (Wildman–Crippen LogP) is 5.74. The van der Waals surface area contributed by atoms with Crippen molar-refractivity contribution in [2.75, 3.05) is 0 Å². The molecule has 1 aliphatic heterocycles. The number of rotatable bonds is 1. The molecule has 0 saturated heterocycles. The first-order chi connectivity index (χ1) is 10.2. The van der Waals surface area contributed by atoms with E-state index in [1.807, 2.05) is 11.8 Å². The second-order valence-electron chi connectivity index (χ2n) is 6.13. The van der Waals surface area contributed by atoms with Crippen molar-refractivity contribution >= 4 is 11.8 Å². The topological polar surface area (TPSA) is 0 Å². The largest absolute Gasteiger partial charge is 0.114 e. The Hall–Kier alpha value is -1.73. The van der Waals surface area contributed by atoms with Crippen LogP contribution in [0.5, 0.6) is 0 Å². The van der Waals surface area contributed by atoms with Crippen molar-refractivity contribution in [1.82, 2.24) is 0 Å². The maximum atomic E-state index is 2.36. The van der Waals surface area contributed by atoms with Crippen LogP contribution in [0.25, 0.3) is 11.1 Å². The van der Waals surface area contributed by atoms with Gasteiger partial charge in [-0.25, -0.2) is 0 Å². The number of hydrogen-bond donors (Lipinski definition) is 0. The molecule has 0 fully saturated rings. The van der Waals surface area contributed by atoms with Gasteiger partial charge in [0.2, 0.25) is 0 Å². The average molecular weight is 290 g/mol. The molecule has 104 valence electrons. The van der Waals surface area contributed by atoms with E-state index in [-0.39, 0.29) is 4.75 Å². The second-order valence-corrected chi connectivity index (χ2v) is 7.65. The zero-order valence-corrected chi connectivity index (χ0v) is 13.2. The first-order valence-electron chi connectivity index (χ1n) is 7.42. The summed E-state index contributed by atoms with van der Waals surface area (Å²) in [5.74, 6) is 0.509. The molecule has 0 spiro atoms. The average Bonchev–Trinajstić information content (AvgIpc) is 2.79. The molecule has 1 heterocycles. The van der Waals surface area contributed by atoms with E-state index in [2.05, 4.69) is 80.6 Å². The molecule has 2 aromatic rings. The molecule has 0 N–H and O–H groups in total. The first-order valence-corrected chi connectivity index (χ1v) is 8.23. The van der Waals surface area contributed by atoms with Gasteiger partial charge in [0.15, 0.2) is 0 Å². The van der Waals surface area contributed by atoms with E-state index >= 15 is 0 Å². The number of fused-ring (bicyclic) bond motifs is 3. The third-order valence-electron chi connectivity index (χ3n) is 4.52. The molecule has 2 aliphatic rings. The van der Waals surface area contributed by atoms with Crippen LogP contribution in [0.2, 0.25) is 0 Å². The van der Waals surface area contributed by atoms with E-state index in [9.17, 15) is 0 Å². The zero-order chi connectivity index (χ0) is 14.4. The third-order valence-corrected chi connectivity index (χ3v) is 5.93. The summed E-state index contributed by atoms with van der Waals surface area (Å²) in [6.45, 7) is 4.47. The normalized spacial score (nSPS) is 25.7. The van der Waals surface area contributed by atoms with Crippen LogP contribution in [-0.2, 0) is 0 Å². The molecule has 0 aromatic heterocycles. The lowest BCUT2D eigenvalue weighted by Gasteiger charge is -2.27. The molecule has 21 heavy (non-hydrogen) atoms. The van der Waals surface area contributed by atoms with E-state index in [4.69, 9.17) is 0 Å². The summed E-state index contributed by atoms with van der Waals surface area (Å²) >= 11 is 2.00. The molecule has 2 atom stereocenters. The predicted molar refractivity (Wildman–Crippen MR) is 91.9 cm³/mol. The molecule has 0 nitrogen and oxygen atoms in total. The van der Waals surface area contributed by atoms with Crippen molar-refractivity contribution in [2.24, 2.45) is 0 Å². The summed E-state index contributed by atoms with van der Waals surface area (Å²) < 4.78 is 0.184. The molecular weight excluding hydrogens is 272 g/mol. The molecule has 4 rings (SSSR count). The van der Waals surface area contributed by atoms with E-state index in [1.54, 1.807) is 0 Å². The Labute approximate surface area is 130 Å². The van der Waals surface area contributed by atoms with Gasteiger partial charge in [-0.05, 0) is 36.6 Å². The van der Waals surface area contributed by atoms with Crippen LogP contribution in [0.1, 0.15) is 24.0 Å². The van der Waals surface area contributed by atoms with E-state index in [0.29, 0.717) is 5.92 Å². The summed E-state index contributed by atoms with van der Waals surface area (Å²) in [7, 11) is 0.